The minimum Gasteiger partial charge on any atom is -0.351 e. The minimum atomic E-state index is -0.375. The monoisotopic (exact) mass is 377 g/mol. The maximum Gasteiger partial charge on any atom is 0.261 e. The van der Waals surface area contributed by atoms with Gasteiger partial charge >= 0.3 is 0 Å². The number of fused-ring (bicyclic) bond motifs is 1. The lowest BCUT2D eigenvalue weighted by Crippen LogP contribution is -2.39. The first kappa shape index (κ1) is 17.9. The normalized spacial score (nSPS) is 18.6. The highest BCUT2D eigenvalue weighted by Gasteiger charge is 2.36. The summed E-state index contributed by atoms with van der Waals surface area (Å²) in [5.74, 6) is -1.08. The zero-order valence-electron chi connectivity index (χ0n) is 15.1. The molecule has 2 aliphatic heterocycles. The van der Waals surface area contributed by atoms with Crippen molar-refractivity contribution in [2.45, 2.75) is 18.9 Å². The fraction of sp³-hybridized carbons (Fsp3) is 0.238. The smallest absolute Gasteiger partial charge is 0.261 e. The second-order valence-corrected chi connectivity index (χ2v) is 6.87. The summed E-state index contributed by atoms with van der Waals surface area (Å²) in [6.45, 7) is 0.419. The van der Waals surface area contributed by atoms with Gasteiger partial charge in [-0.2, -0.15) is 0 Å². The topological polar surface area (TPSA) is 86.8 Å². The number of nitrogens with zero attached hydrogens (tertiary/aromatic N) is 2. The maximum atomic E-state index is 12.3. The Labute approximate surface area is 161 Å². The van der Waals surface area contributed by atoms with Crippen molar-refractivity contribution in [1.82, 2.24) is 10.2 Å². The van der Waals surface area contributed by atoms with Crippen molar-refractivity contribution in [3.8, 4) is 0 Å². The lowest BCUT2D eigenvalue weighted by Gasteiger charge is -2.18. The van der Waals surface area contributed by atoms with Gasteiger partial charge in [0.2, 0.25) is 11.8 Å². The van der Waals surface area contributed by atoms with Gasteiger partial charge in [0.25, 0.3) is 11.8 Å². The number of nitrogens with one attached hydrogen (secondary N) is 1. The molecule has 1 N–H and O–H groups in total. The SMILES string of the molecule is O=C(CCN1C(=O)c2ccccc2C1=O)N[C@H]1CC(=O)N(c2ccccc2)C1. The van der Waals surface area contributed by atoms with Crippen LogP contribution in [-0.4, -0.2) is 47.7 Å². The molecule has 0 bridgehead atoms. The summed E-state index contributed by atoms with van der Waals surface area (Å²) in [6.07, 6.45) is 0.231. The van der Waals surface area contributed by atoms with E-state index in [0.29, 0.717) is 17.7 Å². The quantitative estimate of drug-likeness (QED) is 0.802. The summed E-state index contributed by atoms with van der Waals surface area (Å²) in [5, 5.41) is 2.83. The number of hydrogen-bond donors (Lipinski definition) is 1. The molecule has 0 aliphatic carbocycles. The molecule has 7 nitrogen and oxygen atoms in total. The Balaban J connectivity index is 1.32. The molecule has 0 saturated carbocycles. The van der Waals surface area contributed by atoms with Crippen molar-refractivity contribution in [3.63, 3.8) is 0 Å². The van der Waals surface area contributed by atoms with Crippen molar-refractivity contribution < 1.29 is 19.2 Å². The average Bonchev–Trinajstić information content (AvgIpc) is 3.19. The molecule has 1 saturated heterocycles. The first-order chi connectivity index (χ1) is 13.5. The maximum absolute atomic E-state index is 12.3. The summed E-state index contributed by atoms with van der Waals surface area (Å²) >= 11 is 0. The second-order valence-electron chi connectivity index (χ2n) is 6.87. The van der Waals surface area contributed by atoms with E-state index in [-0.39, 0.29) is 49.1 Å². The molecule has 1 fully saturated rings. The van der Waals surface area contributed by atoms with E-state index in [4.69, 9.17) is 0 Å². The number of para-hydroxylation sites is 1. The molecule has 4 rings (SSSR count). The van der Waals surface area contributed by atoms with Crippen LogP contribution < -0.4 is 10.2 Å². The lowest BCUT2D eigenvalue weighted by molar-refractivity contribution is -0.121. The van der Waals surface area contributed by atoms with Gasteiger partial charge in [-0.15, -0.1) is 0 Å². The van der Waals surface area contributed by atoms with Gasteiger partial charge < -0.3 is 10.2 Å². The molecule has 0 unspecified atom stereocenters. The molecule has 28 heavy (non-hydrogen) atoms. The van der Waals surface area contributed by atoms with Crippen LogP contribution in [0.15, 0.2) is 54.6 Å². The Morgan fingerprint density at radius 3 is 2.18 bits per heavy atom. The van der Waals surface area contributed by atoms with E-state index >= 15 is 0 Å². The van der Waals surface area contributed by atoms with E-state index in [1.807, 2.05) is 30.3 Å². The van der Waals surface area contributed by atoms with Gasteiger partial charge in [-0.25, -0.2) is 0 Å². The molecule has 0 radical (unpaired) electrons. The Morgan fingerprint density at radius 1 is 0.929 bits per heavy atom. The van der Waals surface area contributed by atoms with E-state index in [9.17, 15) is 19.2 Å². The van der Waals surface area contributed by atoms with Gasteiger partial charge in [-0.3, -0.25) is 24.1 Å². The van der Waals surface area contributed by atoms with Crippen LogP contribution >= 0.6 is 0 Å². The molecule has 7 heteroatoms. The second kappa shape index (κ2) is 7.26. The zero-order valence-corrected chi connectivity index (χ0v) is 15.1. The summed E-state index contributed by atoms with van der Waals surface area (Å²) in [4.78, 5) is 51.9. The van der Waals surface area contributed by atoms with Gasteiger partial charge in [-0.1, -0.05) is 30.3 Å². The van der Waals surface area contributed by atoms with E-state index < -0.39 is 0 Å². The largest absolute Gasteiger partial charge is 0.351 e. The Kier molecular flexibility index (Phi) is 4.65. The number of carbonyl (C=O) groups is 4. The summed E-state index contributed by atoms with van der Waals surface area (Å²) in [6, 6.07) is 15.6. The number of anilines is 1. The molecule has 2 aromatic carbocycles. The molecular weight excluding hydrogens is 358 g/mol. The number of rotatable bonds is 5. The van der Waals surface area contributed by atoms with Gasteiger partial charge in [-0.05, 0) is 24.3 Å². The highest BCUT2D eigenvalue weighted by Crippen LogP contribution is 2.23. The van der Waals surface area contributed by atoms with Gasteiger partial charge in [0.1, 0.15) is 0 Å². The van der Waals surface area contributed by atoms with E-state index in [1.165, 1.54) is 0 Å². The fourth-order valence-corrected chi connectivity index (χ4v) is 3.62. The highest BCUT2D eigenvalue weighted by molar-refractivity contribution is 6.21. The minimum absolute atomic E-state index is 0.00148. The van der Waals surface area contributed by atoms with Crippen LogP contribution in [0, 0.1) is 0 Å². The van der Waals surface area contributed by atoms with Crippen LogP contribution in [0.1, 0.15) is 33.6 Å². The number of hydrogen-bond acceptors (Lipinski definition) is 4. The van der Waals surface area contributed by atoms with Crippen LogP contribution in [0.3, 0.4) is 0 Å². The summed E-state index contributed by atoms with van der Waals surface area (Å²) in [5.41, 5.74) is 1.54. The summed E-state index contributed by atoms with van der Waals surface area (Å²) in [7, 11) is 0. The lowest BCUT2D eigenvalue weighted by atomic mass is 10.1. The third-order valence-corrected chi connectivity index (χ3v) is 5.00. The third kappa shape index (κ3) is 3.26. The fourth-order valence-electron chi connectivity index (χ4n) is 3.62. The van der Waals surface area contributed by atoms with Crippen molar-refractivity contribution >= 4 is 29.3 Å². The number of amides is 4. The van der Waals surface area contributed by atoms with Crippen molar-refractivity contribution in [2.24, 2.45) is 0 Å². The standard InChI is InChI=1S/C21H19N3O4/c25-18(10-11-23-20(27)16-8-4-5-9-17(16)21(23)28)22-14-12-19(26)24(13-14)15-6-2-1-3-7-15/h1-9,14H,10-13H2,(H,22,25)/t14-/m0/s1. The van der Waals surface area contributed by atoms with Crippen molar-refractivity contribution in [1.29, 1.82) is 0 Å². The molecule has 0 aromatic heterocycles. The third-order valence-electron chi connectivity index (χ3n) is 5.00. The van der Waals surface area contributed by atoms with Crippen LogP contribution in [0.4, 0.5) is 5.69 Å². The first-order valence-electron chi connectivity index (χ1n) is 9.14. The molecule has 2 aliphatic rings. The van der Waals surface area contributed by atoms with Crippen LogP contribution in [0.5, 0.6) is 0 Å². The Morgan fingerprint density at radius 2 is 1.54 bits per heavy atom. The number of carbonyl (C=O) groups excluding carboxylic acids is 4. The zero-order chi connectivity index (χ0) is 19.7. The van der Waals surface area contributed by atoms with Crippen LogP contribution in [0.2, 0.25) is 0 Å². The number of benzene rings is 2. The molecular formula is C21H19N3O4. The van der Waals surface area contributed by atoms with E-state index in [2.05, 4.69) is 5.32 Å². The Hall–Kier alpha value is -3.48. The molecule has 1 atom stereocenters. The van der Waals surface area contributed by atoms with Gasteiger partial charge in [0.15, 0.2) is 0 Å². The highest BCUT2D eigenvalue weighted by atomic mass is 16.2. The molecule has 2 aromatic rings. The summed E-state index contributed by atoms with van der Waals surface area (Å²) < 4.78 is 0. The molecule has 4 amide bonds. The van der Waals surface area contributed by atoms with Gasteiger partial charge in [0.05, 0.1) is 17.2 Å². The van der Waals surface area contributed by atoms with Gasteiger partial charge in [0, 0.05) is 31.6 Å². The van der Waals surface area contributed by atoms with E-state index in [1.54, 1.807) is 29.2 Å². The van der Waals surface area contributed by atoms with Crippen LogP contribution in [-0.2, 0) is 9.59 Å². The molecule has 142 valence electrons. The van der Waals surface area contributed by atoms with Crippen LogP contribution in [0.25, 0.3) is 0 Å². The number of imide groups is 1. The van der Waals surface area contributed by atoms with E-state index in [0.717, 1.165) is 10.6 Å². The molecule has 2 heterocycles. The van der Waals surface area contributed by atoms with Crippen molar-refractivity contribution in [2.75, 3.05) is 18.0 Å². The predicted molar refractivity (Wildman–Crippen MR) is 102 cm³/mol. The molecule has 0 spiro atoms. The van der Waals surface area contributed by atoms with Crippen molar-refractivity contribution in [3.05, 3.63) is 65.7 Å². The Bertz CT molecular complexity index is 922. The predicted octanol–water partition coefficient (Wildman–Crippen LogP) is 1.59. The first-order valence-corrected chi connectivity index (χ1v) is 9.14. The average molecular weight is 377 g/mol.